The molecule has 0 bridgehead atoms. The Morgan fingerprint density at radius 3 is 2.59 bits per heavy atom. The molecule has 0 aromatic carbocycles. The zero-order valence-electron chi connectivity index (χ0n) is 9.16. The lowest BCUT2D eigenvalue weighted by Gasteiger charge is -2.11. The van der Waals surface area contributed by atoms with Crippen LogP contribution in [-0.2, 0) is 13.6 Å². The normalized spacial score (nSPS) is 12.4. The van der Waals surface area contributed by atoms with Crippen molar-refractivity contribution in [1.82, 2.24) is 9.13 Å². The first-order chi connectivity index (χ1) is 7.88. The molecule has 0 aliphatic heterocycles. The fraction of sp³-hybridized carbons (Fsp3) is 0.444. The Labute approximate surface area is 95.5 Å². The lowest BCUT2D eigenvalue weighted by molar-refractivity contribution is 0.0794. The molecule has 0 aliphatic carbocycles. The van der Waals surface area contributed by atoms with Gasteiger partial charge in [0.05, 0.1) is 19.3 Å². The first kappa shape index (κ1) is 13.1. The minimum Gasteiger partial charge on any atom is -0.394 e. The van der Waals surface area contributed by atoms with Crippen molar-refractivity contribution in [3.05, 3.63) is 32.6 Å². The largest absolute Gasteiger partial charge is 0.394 e. The van der Waals surface area contributed by atoms with Crippen molar-refractivity contribution in [2.45, 2.75) is 12.6 Å². The molecule has 17 heavy (non-hydrogen) atoms. The van der Waals surface area contributed by atoms with Gasteiger partial charge in [0.15, 0.2) is 0 Å². The molecule has 0 radical (unpaired) electrons. The van der Waals surface area contributed by atoms with Crippen molar-refractivity contribution in [3.63, 3.8) is 0 Å². The zero-order valence-corrected chi connectivity index (χ0v) is 9.16. The van der Waals surface area contributed by atoms with E-state index in [2.05, 4.69) is 0 Å². The van der Waals surface area contributed by atoms with Crippen LogP contribution in [0.3, 0.4) is 0 Å². The molecular weight excluding hydrogens is 230 g/mol. The number of nitrogens with two attached hydrogens (primary N) is 1. The molecule has 94 valence electrons. The van der Waals surface area contributed by atoms with E-state index in [4.69, 9.17) is 10.8 Å². The van der Waals surface area contributed by atoms with Crippen LogP contribution in [0.2, 0.25) is 0 Å². The van der Waals surface area contributed by atoms with Gasteiger partial charge in [-0.15, -0.1) is 0 Å². The number of hydrogen-bond acceptors (Lipinski definition) is 5. The molecule has 0 spiro atoms. The molecule has 0 aliphatic rings. The van der Waals surface area contributed by atoms with Crippen LogP contribution in [0.1, 0.15) is 10.4 Å². The van der Waals surface area contributed by atoms with E-state index in [-0.39, 0.29) is 12.1 Å². The Hall–Kier alpha value is -1.93. The summed E-state index contributed by atoms with van der Waals surface area (Å²) in [6.45, 7) is -0.773. The summed E-state index contributed by atoms with van der Waals surface area (Å²) >= 11 is 0. The second kappa shape index (κ2) is 4.93. The molecule has 4 N–H and O–H groups in total. The van der Waals surface area contributed by atoms with E-state index in [1.165, 1.54) is 7.05 Å². The predicted octanol–water partition coefficient (Wildman–Crippen LogP) is -3.00. The van der Waals surface area contributed by atoms with E-state index in [1.807, 2.05) is 0 Å². The molecule has 0 fully saturated rings. The summed E-state index contributed by atoms with van der Waals surface area (Å²) in [7, 11) is 1.19. The van der Waals surface area contributed by atoms with Crippen LogP contribution in [0.15, 0.2) is 15.8 Å². The fourth-order valence-corrected chi connectivity index (χ4v) is 1.31. The number of amides is 1. The Bertz CT molecular complexity index is 545. The summed E-state index contributed by atoms with van der Waals surface area (Å²) in [5.41, 5.74) is 3.14. The SMILES string of the molecule is Cn1c(=O)c(C(N)=O)cn(C[C@@H](O)CO)c1=O. The van der Waals surface area contributed by atoms with Crippen LogP contribution in [0.5, 0.6) is 0 Å². The van der Waals surface area contributed by atoms with Gasteiger partial charge >= 0.3 is 5.69 Å². The van der Waals surface area contributed by atoms with Crippen LogP contribution in [-0.4, -0.2) is 38.0 Å². The third-order valence-electron chi connectivity index (χ3n) is 2.24. The lowest BCUT2D eigenvalue weighted by atomic mass is 10.3. The van der Waals surface area contributed by atoms with Gasteiger partial charge in [-0.1, -0.05) is 0 Å². The molecule has 1 aromatic rings. The highest BCUT2D eigenvalue weighted by molar-refractivity contribution is 5.92. The van der Waals surface area contributed by atoms with Gasteiger partial charge in [-0.3, -0.25) is 18.7 Å². The van der Waals surface area contributed by atoms with Gasteiger partial charge in [-0.25, -0.2) is 4.79 Å². The minimum absolute atomic E-state index is 0.232. The number of nitrogens with zero attached hydrogens (tertiary/aromatic N) is 2. The number of primary amides is 1. The third-order valence-corrected chi connectivity index (χ3v) is 2.24. The summed E-state index contributed by atoms with van der Waals surface area (Å²) in [6, 6.07) is 0. The van der Waals surface area contributed by atoms with E-state index < -0.39 is 29.9 Å². The summed E-state index contributed by atoms with van der Waals surface area (Å²) in [4.78, 5) is 34.0. The first-order valence-electron chi connectivity index (χ1n) is 4.77. The van der Waals surface area contributed by atoms with Crippen LogP contribution >= 0.6 is 0 Å². The summed E-state index contributed by atoms with van der Waals surface area (Å²) < 4.78 is 1.66. The monoisotopic (exact) mass is 243 g/mol. The van der Waals surface area contributed by atoms with Gasteiger partial charge in [-0.2, -0.15) is 0 Å². The van der Waals surface area contributed by atoms with Crippen molar-refractivity contribution < 1.29 is 15.0 Å². The maximum absolute atomic E-state index is 11.6. The van der Waals surface area contributed by atoms with Crippen molar-refractivity contribution in [1.29, 1.82) is 0 Å². The average molecular weight is 243 g/mol. The molecule has 1 heterocycles. The number of carbonyl (C=O) groups excluding carboxylic acids is 1. The molecule has 0 unspecified atom stereocenters. The van der Waals surface area contributed by atoms with E-state index in [0.717, 1.165) is 10.8 Å². The summed E-state index contributed by atoms with van der Waals surface area (Å²) in [6.07, 6.45) is -0.183. The number of carbonyl (C=O) groups is 1. The van der Waals surface area contributed by atoms with Crippen molar-refractivity contribution in [2.75, 3.05) is 6.61 Å². The summed E-state index contributed by atoms with van der Waals surface area (Å²) in [5.74, 6) is -0.960. The molecular formula is C9H13N3O5. The molecule has 1 aromatic heterocycles. The summed E-state index contributed by atoms with van der Waals surface area (Å²) in [5, 5.41) is 17.9. The Morgan fingerprint density at radius 2 is 2.12 bits per heavy atom. The highest BCUT2D eigenvalue weighted by atomic mass is 16.3. The van der Waals surface area contributed by atoms with Crippen LogP contribution < -0.4 is 17.0 Å². The molecule has 1 amide bonds. The van der Waals surface area contributed by atoms with Crippen molar-refractivity contribution in [3.8, 4) is 0 Å². The third kappa shape index (κ3) is 2.60. The lowest BCUT2D eigenvalue weighted by Crippen LogP contribution is -2.43. The maximum Gasteiger partial charge on any atom is 0.330 e. The molecule has 0 saturated heterocycles. The molecule has 8 heteroatoms. The number of aliphatic hydroxyl groups is 2. The van der Waals surface area contributed by atoms with Gasteiger partial charge < -0.3 is 15.9 Å². The fourth-order valence-electron chi connectivity index (χ4n) is 1.31. The van der Waals surface area contributed by atoms with Gasteiger partial charge in [0.1, 0.15) is 5.56 Å². The van der Waals surface area contributed by atoms with Crippen LogP contribution in [0.4, 0.5) is 0 Å². The molecule has 8 nitrogen and oxygen atoms in total. The maximum atomic E-state index is 11.6. The second-order valence-corrected chi connectivity index (χ2v) is 3.54. The predicted molar refractivity (Wildman–Crippen MR) is 57.6 cm³/mol. The molecule has 1 rings (SSSR count). The number of hydrogen-bond donors (Lipinski definition) is 3. The van der Waals surface area contributed by atoms with Crippen molar-refractivity contribution in [2.24, 2.45) is 12.8 Å². The minimum atomic E-state index is -1.16. The second-order valence-electron chi connectivity index (χ2n) is 3.54. The van der Waals surface area contributed by atoms with E-state index in [0.29, 0.717) is 4.57 Å². The van der Waals surface area contributed by atoms with Gasteiger partial charge in [-0.05, 0) is 0 Å². The van der Waals surface area contributed by atoms with E-state index in [1.54, 1.807) is 0 Å². The molecule has 1 atom stereocenters. The average Bonchev–Trinajstić information content (AvgIpc) is 2.29. The Kier molecular flexibility index (Phi) is 3.81. The van der Waals surface area contributed by atoms with Gasteiger partial charge in [0, 0.05) is 13.2 Å². The first-order valence-corrected chi connectivity index (χ1v) is 4.77. The standard InChI is InChI=1S/C9H13N3O5/c1-11-8(16)6(7(10)15)3-12(9(11)17)2-5(14)4-13/h3,5,13-14H,2,4H2,1H3,(H2,10,15)/t5-/m1/s1. The number of rotatable bonds is 4. The molecule has 0 saturated carbocycles. The van der Waals surface area contributed by atoms with Crippen molar-refractivity contribution >= 4 is 5.91 Å². The number of aromatic nitrogens is 2. The highest BCUT2D eigenvalue weighted by Gasteiger charge is 2.14. The van der Waals surface area contributed by atoms with Crippen LogP contribution in [0, 0.1) is 0 Å². The smallest absolute Gasteiger partial charge is 0.330 e. The number of aliphatic hydroxyl groups excluding tert-OH is 2. The highest BCUT2D eigenvalue weighted by Crippen LogP contribution is 1.91. The van der Waals surface area contributed by atoms with Crippen LogP contribution in [0.25, 0.3) is 0 Å². The Balaban J connectivity index is 3.38. The quantitative estimate of drug-likeness (QED) is 0.519. The van der Waals surface area contributed by atoms with Gasteiger partial charge in [0.25, 0.3) is 11.5 Å². The van der Waals surface area contributed by atoms with Gasteiger partial charge in [0.2, 0.25) is 0 Å². The van der Waals surface area contributed by atoms with E-state index >= 15 is 0 Å². The zero-order chi connectivity index (χ0) is 13.2. The Morgan fingerprint density at radius 1 is 1.53 bits per heavy atom. The van der Waals surface area contributed by atoms with E-state index in [9.17, 15) is 19.5 Å². The topological polar surface area (TPSA) is 128 Å².